The molecule has 1 aromatic carbocycles. The molecule has 0 radical (unpaired) electrons. The average Bonchev–Trinajstić information content (AvgIpc) is 3.10. The summed E-state index contributed by atoms with van der Waals surface area (Å²) in [5.41, 5.74) is 0. The molecule has 0 atom stereocenters. The highest BCUT2D eigenvalue weighted by Crippen LogP contribution is 2.36. The summed E-state index contributed by atoms with van der Waals surface area (Å²) in [6.07, 6.45) is 5.41. The molecule has 0 bridgehead atoms. The Labute approximate surface area is 134 Å². The van der Waals surface area contributed by atoms with Gasteiger partial charge in [-0.1, -0.05) is 29.8 Å². The van der Waals surface area contributed by atoms with E-state index in [1.54, 1.807) is 24.6 Å². The third-order valence-electron chi connectivity index (χ3n) is 2.91. The first kappa shape index (κ1) is 14.3. The number of nitrogens with zero attached hydrogens (tertiary/aromatic N) is 1. The van der Waals surface area contributed by atoms with E-state index < -0.39 is 0 Å². The van der Waals surface area contributed by atoms with E-state index in [2.05, 4.69) is 16.4 Å². The minimum Gasteiger partial charge on any atom is -0.354 e. The lowest BCUT2D eigenvalue weighted by atomic mass is 10.2. The van der Waals surface area contributed by atoms with Crippen molar-refractivity contribution in [1.29, 1.82) is 0 Å². The SMILES string of the molecule is CNC(=O)c1cnc(/C=C/c2sc3ccccc3c2Cl)s1. The molecule has 0 aliphatic carbocycles. The Morgan fingerprint density at radius 1 is 1.29 bits per heavy atom. The van der Waals surface area contributed by atoms with Crippen LogP contribution in [-0.2, 0) is 0 Å². The number of fused-ring (bicyclic) bond motifs is 1. The van der Waals surface area contributed by atoms with Gasteiger partial charge in [-0.2, -0.15) is 0 Å². The van der Waals surface area contributed by atoms with Crippen molar-refractivity contribution in [1.82, 2.24) is 10.3 Å². The van der Waals surface area contributed by atoms with Crippen LogP contribution < -0.4 is 5.32 Å². The molecule has 21 heavy (non-hydrogen) atoms. The van der Waals surface area contributed by atoms with Gasteiger partial charge in [0.05, 0.1) is 11.2 Å². The Kier molecular flexibility index (Phi) is 4.05. The van der Waals surface area contributed by atoms with Crippen LogP contribution >= 0.6 is 34.3 Å². The van der Waals surface area contributed by atoms with Gasteiger partial charge in [0.1, 0.15) is 9.88 Å². The number of rotatable bonds is 3. The lowest BCUT2D eigenvalue weighted by Gasteiger charge is -1.90. The fourth-order valence-corrected chi connectivity index (χ4v) is 4.05. The van der Waals surface area contributed by atoms with Crippen molar-refractivity contribution in [3.05, 3.63) is 50.2 Å². The van der Waals surface area contributed by atoms with Gasteiger partial charge in [0, 0.05) is 22.0 Å². The summed E-state index contributed by atoms with van der Waals surface area (Å²) >= 11 is 9.37. The summed E-state index contributed by atoms with van der Waals surface area (Å²) in [5, 5.41) is 5.19. The first-order chi connectivity index (χ1) is 10.2. The number of amides is 1. The van der Waals surface area contributed by atoms with Gasteiger partial charge in [0.25, 0.3) is 5.91 Å². The Balaban J connectivity index is 1.89. The number of halogens is 1. The topological polar surface area (TPSA) is 42.0 Å². The maximum atomic E-state index is 11.5. The molecule has 0 spiro atoms. The van der Waals surface area contributed by atoms with E-state index in [0.29, 0.717) is 4.88 Å². The van der Waals surface area contributed by atoms with Crippen LogP contribution in [0.5, 0.6) is 0 Å². The van der Waals surface area contributed by atoms with Crippen molar-refractivity contribution >= 4 is 62.4 Å². The van der Waals surface area contributed by atoms with E-state index in [9.17, 15) is 4.79 Å². The summed E-state index contributed by atoms with van der Waals surface area (Å²) in [6.45, 7) is 0. The molecule has 0 fully saturated rings. The Morgan fingerprint density at radius 2 is 2.10 bits per heavy atom. The van der Waals surface area contributed by atoms with E-state index in [-0.39, 0.29) is 5.91 Å². The highest BCUT2D eigenvalue weighted by molar-refractivity contribution is 7.20. The molecule has 1 amide bonds. The number of thiazole rings is 1. The minimum atomic E-state index is -0.118. The molecule has 1 N–H and O–H groups in total. The summed E-state index contributed by atoms with van der Waals surface area (Å²) in [4.78, 5) is 17.3. The molecule has 2 heterocycles. The number of aromatic nitrogens is 1. The van der Waals surface area contributed by atoms with Crippen LogP contribution in [0.2, 0.25) is 5.02 Å². The first-order valence-corrected chi connectivity index (χ1v) is 8.23. The third kappa shape index (κ3) is 2.85. The highest BCUT2D eigenvalue weighted by Gasteiger charge is 2.09. The fourth-order valence-electron chi connectivity index (χ4n) is 1.88. The molecule has 6 heteroatoms. The zero-order chi connectivity index (χ0) is 14.8. The smallest absolute Gasteiger partial charge is 0.262 e. The zero-order valence-electron chi connectivity index (χ0n) is 11.1. The number of carbonyl (C=O) groups is 1. The molecule has 0 aliphatic rings. The number of hydrogen-bond acceptors (Lipinski definition) is 4. The van der Waals surface area contributed by atoms with Crippen molar-refractivity contribution < 1.29 is 4.79 Å². The van der Waals surface area contributed by atoms with E-state index >= 15 is 0 Å². The summed E-state index contributed by atoms with van der Waals surface area (Å²) in [7, 11) is 1.61. The normalized spacial score (nSPS) is 11.3. The Morgan fingerprint density at radius 3 is 2.86 bits per heavy atom. The van der Waals surface area contributed by atoms with Gasteiger partial charge < -0.3 is 5.32 Å². The van der Waals surface area contributed by atoms with E-state index in [4.69, 9.17) is 11.6 Å². The van der Waals surface area contributed by atoms with Crippen molar-refractivity contribution in [2.24, 2.45) is 0 Å². The number of nitrogens with one attached hydrogen (secondary N) is 1. The van der Waals surface area contributed by atoms with Crippen molar-refractivity contribution in [2.45, 2.75) is 0 Å². The Bertz CT molecular complexity index is 835. The van der Waals surface area contributed by atoms with Gasteiger partial charge >= 0.3 is 0 Å². The minimum absolute atomic E-state index is 0.118. The molecule has 3 rings (SSSR count). The second-order valence-corrected chi connectivity index (χ2v) is 6.78. The van der Waals surface area contributed by atoms with Gasteiger partial charge in [0.15, 0.2) is 0 Å². The van der Waals surface area contributed by atoms with Crippen LogP contribution in [0, 0.1) is 0 Å². The van der Waals surface area contributed by atoms with Crippen LogP contribution in [0.4, 0.5) is 0 Å². The standard InChI is InChI=1S/C15H11ClN2OS2/c1-17-15(19)12-8-18-13(21-12)7-6-11-14(16)9-4-2-3-5-10(9)20-11/h2-8H,1H3,(H,17,19)/b7-6+. The molecule has 0 unspecified atom stereocenters. The molecular formula is C15H11ClN2OS2. The van der Waals surface area contributed by atoms with Crippen LogP contribution in [-0.4, -0.2) is 17.9 Å². The zero-order valence-corrected chi connectivity index (χ0v) is 13.5. The number of carbonyl (C=O) groups excluding carboxylic acids is 1. The monoisotopic (exact) mass is 334 g/mol. The maximum absolute atomic E-state index is 11.5. The summed E-state index contributed by atoms with van der Waals surface area (Å²) in [5.74, 6) is -0.118. The van der Waals surface area contributed by atoms with Crippen LogP contribution in [0.25, 0.3) is 22.2 Å². The lowest BCUT2D eigenvalue weighted by Crippen LogP contribution is -2.16. The van der Waals surface area contributed by atoms with Crippen LogP contribution in [0.3, 0.4) is 0 Å². The second kappa shape index (κ2) is 5.97. The Hall–Kier alpha value is -1.69. The van der Waals surface area contributed by atoms with Gasteiger partial charge in [-0.3, -0.25) is 4.79 Å². The van der Waals surface area contributed by atoms with Gasteiger partial charge in [-0.25, -0.2) is 4.98 Å². The second-order valence-electron chi connectivity index (χ2n) is 4.25. The highest BCUT2D eigenvalue weighted by atomic mass is 35.5. The maximum Gasteiger partial charge on any atom is 0.262 e. The summed E-state index contributed by atoms with van der Waals surface area (Å²) < 4.78 is 1.16. The predicted molar refractivity (Wildman–Crippen MR) is 91.3 cm³/mol. The van der Waals surface area contributed by atoms with Crippen LogP contribution in [0.1, 0.15) is 19.6 Å². The molecule has 106 valence electrons. The fraction of sp³-hybridized carbons (Fsp3) is 0.0667. The predicted octanol–water partition coefficient (Wildman–Crippen LogP) is 4.54. The lowest BCUT2D eigenvalue weighted by molar-refractivity contribution is 0.0967. The van der Waals surface area contributed by atoms with Gasteiger partial charge in [-0.05, 0) is 18.2 Å². The number of thiophene rings is 1. The third-order valence-corrected chi connectivity index (χ3v) is 5.53. The molecule has 0 saturated carbocycles. The number of benzene rings is 1. The largest absolute Gasteiger partial charge is 0.354 e. The molecule has 3 nitrogen and oxygen atoms in total. The van der Waals surface area contributed by atoms with E-state index in [0.717, 1.165) is 25.0 Å². The van der Waals surface area contributed by atoms with Crippen molar-refractivity contribution in [3.63, 3.8) is 0 Å². The van der Waals surface area contributed by atoms with Crippen LogP contribution in [0.15, 0.2) is 30.5 Å². The van der Waals surface area contributed by atoms with Gasteiger partial charge in [0.2, 0.25) is 0 Å². The molecule has 0 aliphatic heterocycles. The molecule has 3 aromatic rings. The quantitative estimate of drug-likeness (QED) is 0.764. The molecule has 0 saturated heterocycles. The number of hydrogen-bond donors (Lipinski definition) is 1. The van der Waals surface area contributed by atoms with Gasteiger partial charge in [-0.15, -0.1) is 22.7 Å². The van der Waals surface area contributed by atoms with E-state index in [1.165, 1.54) is 11.3 Å². The average molecular weight is 335 g/mol. The summed E-state index contributed by atoms with van der Waals surface area (Å²) in [6, 6.07) is 8.04. The van der Waals surface area contributed by atoms with Crippen molar-refractivity contribution in [3.8, 4) is 0 Å². The first-order valence-electron chi connectivity index (χ1n) is 6.22. The van der Waals surface area contributed by atoms with Crippen molar-refractivity contribution in [2.75, 3.05) is 7.05 Å². The molecule has 2 aromatic heterocycles. The van der Waals surface area contributed by atoms with E-state index in [1.807, 2.05) is 30.4 Å². The molecular weight excluding hydrogens is 324 g/mol.